The maximum Gasteiger partial charge on any atom is 0.251 e. The maximum atomic E-state index is 12.3. The summed E-state index contributed by atoms with van der Waals surface area (Å²) < 4.78 is 10.4. The van der Waals surface area contributed by atoms with Crippen molar-refractivity contribution in [3.63, 3.8) is 0 Å². The van der Waals surface area contributed by atoms with Gasteiger partial charge in [0.15, 0.2) is 0 Å². The molecule has 0 atom stereocenters. The van der Waals surface area contributed by atoms with Crippen molar-refractivity contribution in [1.82, 2.24) is 15.1 Å². The molecule has 0 bridgehead atoms. The summed E-state index contributed by atoms with van der Waals surface area (Å²) in [6.45, 7) is 9.82. The highest BCUT2D eigenvalue weighted by atomic mass is 16.5. The minimum absolute atomic E-state index is 0.0891. The number of nitrogens with one attached hydrogen (secondary N) is 1. The summed E-state index contributed by atoms with van der Waals surface area (Å²) in [7, 11) is 3.16. The van der Waals surface area contributed by atoms with Crippen LogP contribution < -0.4 is 14.8 Å². The SMILES string of the molecule is CCN1CCN(CCCCNC(=O)c2cc(OC)cc(OC)c2)CC1. The topological polar surface area (TPSA) is 54.0 Å². The summed E-state index contributed by atoms with van der Waals surface area (Å²) in [5.74, 6) is 1.15. The van der Waals surface area contributed by atoms with Gasteiger partial charge in [0.25, 0.3) is 5.91 Å². The van der Waals surface area contributed by atoms with E-state index in [1.807, 2.05) is 0 Å². The maximum absolute atomic E-state index is 12.3. The first-order valence-electron chi connectivity index (χ1n) is 9.12. The van der Waals surface area contributed by atoms with Crippen LogP contribution >= 0.6 is 0 Å². The van der Waals surface area contributed by atoms with Crippen LogP contribution in [-0.4, -0.2) is 75.7 Å². The van der Waals surface area contributed by atoms with E-state index in [-0.39, 0.29) is 5.91 Å². The number of amides is 1. The summed E-state index contributed by atoms with van der Waals surface area (Å²) in [6.07, 6.45) is 2.09. The third-order valence-corrected chi connectivity index (χ3v) is 4.71. The molecule has 2 rings (SSSR count). The fourth-order valence-corrected chi connectivity index (χ4v) is 3.03. The molecule has 0 radical (unpaired) electrons. The number of carbonyl (C=O) groups excluding carboxylic acids is 1. The Morgan fingerprint density at radius 3 is 2.16 bits per heavy atom. The van der Waals surface area contributed by atoms with Crippen LogP contribution in [0, 0.1) is 0 Å². The predicted octanol–water partition coefficient (Wildman–Crippen LogP) is 1.85. The second kappa shape index (κ2) is 10.3. The molecule has 25 heavy (non-hydrogen) atoms. The molecule has 6 heteroatoms. The number of rotatable bonds is 9. The predicted molar refractivity (Wildman–Crippen MR) is 99.7 cm³/mol. The number of nitrogens with zero attached hydrogens (tertiary/aromatic N) is 2. The molecule has 0 saturated carbocycles. The van der Waals surface area contributed by atoms with Crippen molar-refractivity contribution in [3.8, 4) is 11.5 Å². The van der Waals surface area contributed by atoms with E-state index in [2.05, 4.69) is 22.0 Å². The molecular weight excluding hydrogens is 318 g/mol. The minimum atomic E-state index is -0.0891. The van der Waals surface area contributed by atoms with Crippen molar-refractivity contribution >= 4 is 5.91 Å². The molecule has 1 aromatic carbocycles. The Balaban J connectivity index is 1.67. The van der Waals surface area contributed by atoms with Crippen LogP contribution in [-0.2, 0) is 0 Å². The molecule has 140 valence electrons. The Morgan fingerprint density at radius 2 is 1.60 bits per heavy atom. The third kappa shape index (κ3) is 6.21. The van der Waals surface area contributed by atoms with Crippen LogP contribution in [0.25, 0.3) is 0 Å². The second-order valence-electron chi connectivity index (χ2n) is 6.34. The van der Waals surface area contributed by atoms with Gasteiger partial charge in [0.2, 0.25) is 0 Å². The van der Waals surface area contributed by atoms with E-state index in [4.69, 9.17) is 9.47 Å². The van der Waals surface area contributed by atoms with E-state index in [9.17, 15) is 4.79 Å². The minimum Gasteiger partial charge on any atom is -0.497 e. The molecule has 0 spiro atoms. The smallest absolute Gasteiger partial charge is 0.251 e. The quantitative estimate of drug-likeness (QED) is 0.690. The van der Waals surface area contributed by atoms with Crippen LogP contribution in [0.1, 0.15) is 30.1 Å². The van der Waals surface area contributed by atoms with Gasteiger partial charge in [-0.15, -0.1) is 0 Å². The van der Waals surface area contributed by atoms with Gasteiger partial charge in [-0.1, -0.05) is 6.92 Å². The van der Waals surface area contributed by atoms with E-state index in [1.165, 1.54) is 13.1 Å². The summed E-state index contributed by atoms with van der Waals surface area (Å²) in [5, 5.41) is 2.98. The third-order valence-electron chi connectivity index (χ3n) is 4.71. The summed E-state index contributed by atoms with van der Waals surface area (Å²) >= 11 is 0. The molecule has 1 aliphatic heterocycles. The Morgan fingerprint density at radius 1 is 1.00 bits per heavy atom. The Hall–Kier alpha value is -1.79. The van der Waals surface area contributed by atoms with Crippen LogP contribution in [0.5, 0.6) is 11.5 Å². The monoisotopic (exact) mass is 349 g/mol. The average molecular weight is 349 g/mol. The zero-order valence-corrected chi connectivity index (χ0v) is 15.7. The fourth-order valence-electron chi connectivity index (χ4n) is 3.03. The number of unbranched alkanes of at least 4 members (excludes halogenated alkanes) is 1. The van der Waals surface area contributed by atoms with E-state index in [0.29, 0.717) is 23.6 Å². The van der Waals surface area contributed by atoms with E-state index >= 15 is 0 Å². The van der Waals surface area contributed by atoms with Gasteiger partial charge < -0.3 is 24.6 Å². The molecule has 0 unspecified atom stereocenters. The molecular formula is C19H31N3O3. The molecule has 1 N–H and O–H groups in total. The molecule has 0 aliphatic carbocycles. The molecule has 6 nitrogen and oxygen atoms in total. The van der Waals surface area contributed by atoms with Gasteiger partial charge in [0.05, 0.1) is 14.2 Å². The molecule has 0 aromatic heterocycles. The van der Waals surface area contributed by atoms with Crippen molar-refractivity contribution < 1.29 is 14.3 Å². The molecule has 1 saturated heterocycles. The van der Waals surface area contributed by atoms with Crippen LogP contribution in [0.15, 0.2) is 18.2 Å². The summed E-state index contributed by atoms with van der Waals surface area (Å²) in [6, 6.07) is 5.21. The number of likely N-dealkylation sites (N-methyl/N-ethyl adjacent to an activating group) is 1. The van der Waals surface area contributed by atoms with Gasteiger partial charge >= 0.3 is 0 Å². The summed E-state index contributed by atoms with van der Waals surface area (Å²) in [5.41, 5.74) is 0.562. The van der Waals surface area contributed by atoms with Crippen molar-refractivity contribution in [2.75, 3.05) is 60.0 Å². The lowest BCUT2D eigenvalue weighted by molar-refractivity contribution is 0.0951. The summed E-state index contributed by atoms with van der Waals surface area (Å²) in [4.78, 5) is 17.3. The van der Waals surface area contributed by atoms with Gasteiger partial charge in [0, 0.05) is 44.4 Å². The first-order valence-corrected chi connectivity index (χ1v) is 9.12. The van der Waals surface area contributed by atoms with Crippen molar-refractivity contribution in [3.05, 3.63) is 23.8 Å². The number of hydrogen-bond donors (Lipinski definition) is 1. The zero-order valence-electron chi connectivity index (χ0n) is 15.7. The first kappa shape index (κ1) is 19.5. The van der Waals surface area contributed by atoms with Crippen molar-refractivity contribution in [2.45, 2.75) is 19.8 Å². The fraction of sp³-hybridized carbons (Fsp3) is 0.632. The second-order valence-corrected chi connectivity index (χ2v) is 6.34. The number of benzene rings is 1. The highest BCUT2D eigenvalue weighted by Gasteiger charge is 2.14. The lowest BCUT2D eigenvalue weighted by Gasteiger charge is -2.33. The number of methoxy groups -OCH3 is 2. The number of carbonyl (C=O) groups is 1. The van der Waals surface area contributed by atoms with E-state index in [1.54, 1.807) is 32.4 Å². The molecule has 1 fully saturated rings. The molecule has 1 heterocycles. The lowest BCUT2D eigenvalue weighted by atomic mass is 10.2. The standard InChI is InChI=1S/C19H31N3O3/c1-4-21-9-11-22(12-10-21)8-6-5-7-20-19(23)16-13-17(24-2)15-18(14-16)25-3/h13-15H,4-12H2,1-3H3,(H,20,23). The Kier molecular flexibility index (Phi) is 8.01. The average Bonchev–Trinajstić information content (AvgIpc) is 2.67. The molecule has 1 aliphatic rings. The van der Waals surface area contributed by atoms with E-state index < -0.39 is 0 Å². The van der Waals surface area contributed by atoms with Crippen LogP contribution in [0.3, 0.4) is 0 Å². The highest BCUT2D eigenvalue weighted by molar-refractivity contribution is 5.95. The van der Waals surface area contributed by atoms with Gasteiger partial charge in [-0.2, -0.15) is 0 Å². The van der Waals surface area contributed by atoms with Crippen molar-refractivity contribution in [1.29, 1.82) is 0 Å². The van der Waals surface area contributed by atoms with Gasteiger partial charge in [0.1, 0.15) is 11.5 Å². The normalized spacial score (nSPS) is 15.8. The molecule has 1 amide bonds. The molecule has 1 aromatic rings. The number of hydrogen-bond acceptors (Lipinski definition) is 5. The largest absolute Gasteiger partial charge is 0.497 e. The highest BCUT2D eigenvalue weighted by Crippen LogP contribution is 2.22. The Bertz CT molecular complexity index is 520. The lowest BCUT2D eigenvalue weighted by Crippen LogP contribution is -2.46. The van der Waals surface area contributed by atoms with Gasteiger partial charge in [-0.05, 0) is 38.1 Å². The van der Waals surface area contributed by atoms with Crippen LogP contribution in [0.2, 0.25) is 0 Å². The van der Waals surface area contributed by atoms with Crippen molar-refractivity contribution in [2.24, 2.45) is 0 Å². The first-order chi connectivity index (χ1) is 12.2. The van der Waals surface area contributed by atoms with Crippen LogP contribution in [0.4, 0.5) is 0 Å². The van der Waals surface area contributed by atoms with E-state index in [0.717, 1.165) is 39.0 Å². The zero-order chi connectivity index (χ0) is 18.1. The number of ether oxygens (including phenoxy) is 2. The van der Waals surface area contributed by atoms with Gasteiger partial charge in [-0.3, -0.25) is 4.79 Å². The Labute approximate surface area is 151 Å². The number of piperazine rings is 1. The van der Waals surface area contributed by atoms with Gasteiger partial charge in [-0.25, -0.2) is 0 Å².